The average molecular weight is 210 g/mol. The Kier molecular flexibility index (Phi) is 0.926. The van der Waals surface area contributed by atoms with Crippen LogP contribution in [0.5, 0.6) is 0 Å². The maximum Gasteiger partial charge on any atom is 0.0412 e. The molecule has 16 heavy (non-hydrogen) atoms. The molecular weight excluding hydrogens is 192 g/mol. The van der Waals surface area contributed by atoms with Crippen molar-refractivity contribution in [2.24, 2.45) is 46.3 Å². The van der Waals surface area contributed by atoms with Gasteiger partial charge < -0.3 is 0 Å². The van der Waals surface area contributed by atoms with E-state index in [1.807, 2.05) is 0 Å². The third kappa shape index (κ3) is 0.547. The minimum atomic E-state index is 0.636. The number of fused-ring (bicyclic) bond motifs is 4. The van der Waals surface area contributed by atoms with Gasteiger partial charge in [0, 0.05) is 10.8 Å². The summed E-state index contributed by atoms with van der Waals surface area (Å²) >= 11 is 0. The van der Waals surface area contributed by atoms with E-state index in [0.717, 1.165) is 35.5 Å². The van der Waals surface area contributed by atoms with Crippen LogP contribution in [0.15, 0.2) is 0 Å². The second-order valence-electron chi connectivity index (χ2n) is 7.46. The Hall–Kier alpha value is -0.440. The van der Waals surface area contributed by atoms with E-state index in [0.29, 0.717) is 10.8 Å². The van der Waals surface area contributed by atoms with Crippen LogP contribution in [0.4, 0.5) is 0 Å². The summed E-state index contributed by atoms with van der Waals surface area (Å²) in [5, 5.41) is 0. The van der Waals surface area contributed by atoms with Gasteiger partial charge in [-0.05, 0) is 61.2 Å². The molecule has 4 unspecified atom stereocenters. The monoisotopic (exact) mass is 210 g/mol. The molecule has 6 saturated carbocycles. The molecule has 6 aliphatic carbocycles. The Bertz CT molecular complexity index is 391. The molecule has 82 valence electrons. The molecule has 0 N–H and O–H groups in total. The van der Waals surface area contributed by atoms with Gasteiger partial charge in [-0.25, -0.2) is 0 Å². The second kappa shape index (κ2) is 1.90. The smallest absolute Gasteiger partial charge is 0.0412 e. The SMILES string of the molecule is C(#CC12C3CCCC1C32)C12C3CCCC1C32. The first kappa shape index (κ1) is 7.80. The largest absolute Gasteiger partial charge is 0.0950 e. The van der Waals surface area contributed by atoms with Crippen molar-refractivity contribution in [1.29, 1.82) is 0 Å². The van der Waals surface area contributed by atoms with Crippen LogP contribution in [0.25, 0.3) is 0 Å². The molecule has 0 nitrogen and oxygen atoms in total. The summed E-state index contributed by atoms with van der Waals surface area (Å²) in [6.07, 6.45) is 9.07. The van der Waals surface area contributed by atoms with Gasteiger partial charge >= 0.3 is 0 Å². The lowest BCUT2D eigenvalue weighted by Gasteiger charge is -2.23. The fraction of sp³-hybridized carbons (Fsp3) is 0.875. The van der Waals surface area contributed by atoms with Crippen LogP contribution in [-0.2, 0) is 0 Å². The molecule has 0 aromatic heterocycles. The molecule has 0 aromatic carbocycles. The summed E-state index contributed by atoms with van der Waals surface area (Å²) in [5.74, 6) is 14.2. The van der Waals surface area contributed by atoms with Crippen molar-refractivity contribution in [1.82, 2.24) is 0 Å². The molecule has 0 aliphatic heterocycles. The quantitative estimate of drug-likeness (QED) is 0.539. The lowest BCUT2D eigenvalue weighted by Crippen LogP contribution is -2.16. The summed E-state index contributed by atoms with van der Waals surface area (Å²) in [6.45, 7) is 0. The zero-order valence-corrected chi connectivity index (χ0v) is 9.71. The molecule has 4 atom stereocenters. The summed E-state index contributed by atoms with van der Waals surface area (Å²) in [6, 6.07) is 0. The normalized spacial score (nSPS) is 74.0. The third-order valence-corrected chi connectivity index (χ3v) is 7.41. The molecule has 0 spiro atoms. The van der Waals surface area contributed by atoms with Gasteiger partial charge in [-0.2, -0.15) is 0 Å². The average Bonchev–Trinajstić information content (AvgIpc) is 3.22. The van der Waals surface area contributed by atoms with Gasteiger partial charge in [0.1, 0.15) is 0 Å². The van der Waals surface area contributed by atoms with Crippen LogP contribution in [-0.4, -0.2) is 0 Å². The first-order chi connectivity index (χ1) is 7.91. The number of hydrogen-bond acceptors (Lipinski definition) is 0. The maximum atomic E-state index is 3.83. The highest BCUT2D eigenvalue weighted by atomic mass is 14.9. The topological polar surface area (TPSA) is 0 Å². The molecule has 0 heteroatoms. The Balaban J connectivity index is 1.33. The van der Waals surface area contributed by atoms with E-state index in [1.165, 1.54) is 38.5 Å². The van der Waals surface area contributed by atoms with E-state index in [1.54, 1.807) is 0 Å². The van der Waals surface area contributed by atoms with Crippen LogP contribution in [0.2, 0.25) is 0 Å². The predicted octanol–water partition coefficient (Wildman–Crippen LogP) is 3.08. The van der Waals surface area contributed by atoms with Gasteiger partial charge in [0.15, 0.2) is 0 Å². The van der Waals surface area contributed by atoms with Crippen molar-refractivity contribution in [3.8, 4) is 11.8 Å². The van der Waals surface area contributed by atoms with E-state index < -0.39 is 0 Å². The fourth-order valence-electron chi connectivity index (χ4n) is 6.46. The van der Waals surface area contributed by atoms with E-state index in [-0.39, 0.29) is 0 Å². The lowest BCUT2D eigenvalue weighted by molar-refractivity contribution is 0.301. The summed E-state index contributed by atoms with van der Waals surface area (Å²) < 4.78 is 0. The molecule has 0 amide bonds. The van der Waals surface area contributed by atoms with Crippen LogP contribution in [0.1, 0.15) is 38.5 Å². The molecule has 0 saturated heterocycles. The van der Waals surface area contributed by atoms with Crippen molar-refractivity contribution >= 4 is 0 Å². The molecule has 0 aromatic rings. The summed E-state index contributed by atoms with van der Waals surface area (Å²) in [7, 11) is 0. The molecule has 0 heterocycles. The Morgan fingerprint density at radius 2 is 1.00 bits per heavy atom. The van der Waals surface area contributed by atoms with E-state index >= 15 is 0 Å². The van der Waals surface area contributed by atoms with Gasteiger partial charge in [0.2, 0.25) is 0 Å². The minimum Gasteiger partial charge on any atom is -0.0950 e. The zero-order valence-electron chi connectivity index (χ0n) is 9.71. The highest BCUT2D eigenvalue weighted by molar-refractivity contribution is 5.51. The summed E-state index contributed by atoms with van der Waals surface area (Å²) in [4.78, 5) is 0. The highest BCUT2D eigenvalue weighted by Crippen LogP contribution is 2.90. The third-order valence-electron chi connectivity index (χ3n) is 7.41. The molecule has 6 fully saturated rings. The standard InChI is InChI=1S/C16H18/c1-3-9-13-10(4-1)15(9,13)7-8-16-11-5-2-6-12(16)14(11)16/h9-14H,1-6H2. The van der Waals surface area contributed by atoms with Crippen molar-refractivity contribution in [3.05, 3.63) is 0 Å². The molecular formula is C16H18. The second-order valence-corrected chi connectivity index (χ2v) is 7.46. The number of hydrogen-bond donors (Lipinski definition) is 0. The predicted molar refractivity (Wildman–Crippen MR) is 61.3 cm³/mol. The summed E-state index contributed by atoms with van der Waals surface area (Å²) in [5.41, 5.74) is 1.27. The van der Waals surface area contributed by atoms with Crippen LogP contribution in [0, 0.1) is 58.2 Å². The molecule has 6 aliphatic rings. The Labute approximate surface area is 97.2 Å². The maximum absolute atomic E-state index is 3.83. The highest BCUT2D eigenvalue weighted by Gasteiger charge is 2.88. The van der Waals surface area contributed by atoms with Gasteiger partial charge in [-0.3, -0.25) is 0 Å². The molecule has 6 rings (SSSR count). The van der Waals surface area contributed by atoms with Gasteiger partial charge in [-0.15, -0.1) is 0 Å². The van der Waals surface area contributed by atoms with Crippen molar-refractivity contribution in [2.45, 2.75) is 38.5 Å². The molecule has 0 bridgehead atoms. The zero-order chi connectivity index (χ0) is 10.1. The van der Waals surface area contributed by atoms with Crippen LogP contribution in [0.3, 0.4) is 0 Å². The van der Waals surface area contributed by atoms with Crippen LogP contribution >= 0.6 is 0 Å². The van der Waals surface area contributed by atoms with Crippen molar-refractivity contribution < 1.29 is 0 Å². The Morgan fingerprint density at radius 1 is 0.625 bits per heavy atom. The van der Waals surface area contributed by atoms with E-state index in [2.05, 4.69) is 11.8 Å². The van der Waals surface area contributed by atoms with Crippen molar-refractivity contribution in [3.63, 3.8) is 0 Å². The fourth-order valence-corrected chi connectivity index (χ4v) is 6.46. The van der Waals surface area contributed by atoms with Crippen LogP contribution < -0.4 is 0 Å². The van der Waals surface area contributed by atoms with E-state index in [4.69, 9.17) is 0 Å². The number of rotatable bonds is 0. The molecule has 0 radical (unpaired) electrons. The van der Waals surface area contributed by atoms with Gasteiger partial charge in [0.05, 0.1) is 0 Å². The Morgan fingerprint density at radius 3 is 1.31 bits per heavy atom. The minimum absolute atomic E-state index is 0.636. The van der Waals surface area contributed by atoms with Crippen molar-refractivity contribution in [2.75, 3.05) is 0 Å². The first-order valence-corrected chi connectivity index (χ1v) is 7.45. The first-order valence-electron chi connectivity index (χ1n) is 7.45. The van der Waals surface area contributed by atoms with E-state index in [9.17, 15) is 0 Å². The lowest BCUT2D eigenvalue weighted by atomic mass is 9.81. The van der Waals surface area contributed by atoms with Gasteiger partial charge in [0.25, 0.3) is 0 Å². The van der Waals surface area contributed by atoms with Gasteiger partial charge in [-0.1, -0.05) is 24.7 Å².